The number of para-hydroxylation sites is 1. The average molecular weight is 408 g/mol. The number of amides is 1. The van der Waals surface area contributed by atoms with Crippen LogP contribution in [0, 0.1) is 6.92 Å². The van der Waals surface area contributed by atoms with Gasteiger partial charge in [0.1, 0.15) is 5.70 Å². The second-order valence-corrected chi connectivity index (χ2v) is 7.62. The molecule has 0 aliphatic heterocycles. The third-order valence-corrected chi connectivity index (χ3v) is 5.75. The summed E-state index contributed by atoms with van der Waals surface area (Å²) in [7, 11) is 3.53. The summed E-state index contributed by atoms with van der Waals surface area (Å²) in [6, 6.07) is 9.98. The summed E-state index contributed by atoms with van der Waals surface area (Å²) in [5.74, 6) is 0.553. The first-order valence-corrected chi connectivity index (χ1v) is 10.3. The Hall–Kier alpha value is -3.06. The lowest BCUT2D eigenvalue weighted by atomic mass is 10.1. The number of carbonyl (C=O) groups excluding carboxylic acids is 1. The molecule has 2 N–H and O–H groups in total. The Bertz CT molecular complexity index is 1040. The van der Waals surface area contributed by atoms with E-state index in [2.05, 4.69) is 33.1 Å². The highest BCUT2D eigenvalue weighted by atomic mass is 32.2. The van der Waals surface area contributed by atoms with Crippen molar-refractivity contribution in [2.24, 2.45) is 0 Å². The van der Waals surface area contributed by atoms with Gasteiger partial charge in [-0.3, -0.25) is 14.9 Å². The Balaban J connectivity index is 1.98. The average Bonchev–Trinajstić information content (AvgIpc) is 3.16. The van der Waals surface area contributed by atoms with Crippen LogP contribution < -0.4 is 5.32 Å². The van der Waals surface area contributed by atoms with Crippen molar-refractivity contribution in [3.05, 3.63) is 77.9 Å². The molecule has 3 rings (SSSR count). The molecular weight excluding hydrogens is 382 g/mol. The molecule has 0 aliphatic rings. The minimum Gasteiger partial charge on any atom is -0.383 e. The number of fused-ring (bicyclic) bond motifs is 1. The molecule has 3 aromatic rings. The summed E-state index contributed by atoms with van der Waals surface area (Å²) in [6.07, 6.45) is 5.21. The first-order chi connectivity index (χ1) is 14.1. The smallest absolute Gasteiger partial charge is 0.271 e. The Kier molecular flexibility index (Phi) is 6.72. The standard InChI is InChI=1S/C22H25N5OS/c1-5-12-27(4)22(28)20(23-3)21(16-9-7-11-24-13-16)29-14-18-17-10-6-8-15(2)19(17)26-25-18/h5-11,13,23H,1,12,14H2,2-4H3,(H,25,26)/b21-20-. The van der Waals surface area contributed by atoms with Crippen molar-refractivity contribution in [1.29, 1.82) is 0 Å². The molecule has 0 bridgehead atoms. The van der Waals surface area contributed by atoms with Gasteiger partial charge in [0.2, 0.25) is 0 Å². The van der Waals surface area contributed by atoms with Crippen LogP contribution in [0.25, 0.3) is 15.8 Å². The van der Waals surface area contributed by atoms with E-state index in [0.717, 1.165) is 32.6 Å². The topological polar surface area (TPSA) is 73.9 Å². The van der Waals surface area contributed by atoms with Gasteiger partial charge in [0.25, 0.3) is 5.91 Å². The molecule has 2 aromatic heterocycles. The molecule has 0 unspecified atom stereocenters. The lowest BCUT2D eigenvalue weighted by Crippen LogP contribution is -2.33. The predicted octanol–water partition coefficient (Wildman–Crippen LogP) is 3.73. The van der Waals surface area contributed by atoms with E-state index in [9.17, 15) is 4.79 Å². The molecule has 0 aliphatic carbocycles. The van der Waals surface area contributed by atoms with E-state index < -0.39 is 0 Å². The van der Waals surface area contributed by atoms with Gasteiger partial charge in [-0.15, -0.1) is 18.3 Å². The van der Waals surface area contributed by atoms with E-state index in [1.165, 1.54) is 0 Å². The first-order valence-electron chi connectivity index (χ1n) is 9.31. The summed E-state index contributed by atoms with van der Waals surface area (Å²) < 4.78 is 0. The lowest BCUT2D eigenvalue weighted by molar-refractivity contribution is -0.125. The number of pyridine rings is 1. The van der Waals surface area contributed by atoms with Crippen LogP contribution >= 0.6 is 11.8 Å². The second kappa shape index (κ2) is 9.43. The lowest BCUT2D eigenvalue weighted by Gasteiger charge is -2.20. The molecule has 0 atom stereocenters. The molecule has 6 nitrogen and oxygen atoms in total. The van der Waals surface area contributed by atoms with Crippen LogP contribution in [0.4, 0.5) is 0 Å². The number of thioether (sulfide) groups is 1. The van der Waals surface area contributed by atoms with Gasteiger partial charge < -0.3 is 10.2 Å². The van der Waals surface area contributed by atoms with Crippen molar-refractivity contribution in [3.8, 4) is 0 Å². The van der Waals surface area contributed by atoms with Gasteiger partial charge in [-0.2, -0.15) is 5.10 Å². The first kappa shape index (κ1) is 20.7. The van der Waals surface area contributed by atoms with Gasteiger partial charge in [0, 0.05) is 54.6 Å². The van der Waals surface area contributed by atoms with Crippen LogP contribution in [0.1, 0.15) is 16.8 Å². The number of carbonyl (C=O) groups is 1. The Labute approximate surface area is 175 Å². The summed E-state index contributed by atoms with van der Waals surface area (Å²) in [4.78, 5) is 19.7. The third kappa shape index (κ3) is 4.51. The summed E-state index contributed by atoms with van der Waals surface area (Å²) in [6.45, 7) is 6.24. The Morgan fingerprint density at radius 2 is 2.17 bits per heavy atom. The molecular formula is C22H25N5OS. The molecule has 0 spiro atoms. The van der Waals surface area contributed by atoms with Gasteiger partial charge >= 0.3 is 0 Å². The number of aryl methyl sites for hydroxylation is 1. The van der Waals surface area contributed by atoms with Crippen LogP contribution in [-0.2, 0) is 10.5 Å². The van der Waals surface area contributed by atoms with E-state index in [4.69, 9.17) is 0 Å². The van der Waals surface area contributed by atoms with Crippen LogP contribution in [0.15, 0.2) is 61.1 Å². The van der Waals surface area contributed by atoms with Crippen LogP contribution in [-0.4, -0.2) is 46.6 Å². The van der Waals surface area contributed by atoms with Gasteiger partial charge in [0.15, 0.2) is 0 Å². The number of H-pyrrole nitrogens is 1. The van der Waals surface area contributed by atoms with Gasteiger partial charge in [-0.25, -0.2) is 0 Å². The number of hydrogen-bond acceptors (Lipinski definition) is 5. The minimum atomic E-state index is -0.0935. The van der Waals surface area contributed by atoms with Crippen molar-refractivity contribution in [2.45, 2.75) is 12.7 Å². The molecule has 29 heavy (non-hydrogen) atoms. The van der Waals surface area contributed by atoms with E-state index in [0.29, 0.717) is 18.0 Å². The van der Waals surface area contributed by atoms with Crippen molar-refractivity contribution >= 4 is 33.5 Å². The molecule has 0 radical (unpaired) electrons. The number of nitrogens with one attached hydrogen (secondary N) is 2. The fourth-order valence-electron chi connectivity index (χ4n) is 3.07. The second-order valence-electron chi connectivity index (χ2n) is 6.63. The predicted molar refractivity (Wildman–Crippen MR) is 120 cm³/mol. The van der Waals surface area contributed by atoms with Crippen molar-refractivity contribution in [3.63, 3.8) is 0 Å². The number of nitrogens with zero attached hydrogens (tertiary/aromatic N) is 3. The molecule has 1 aromatic carbocycles. The number of aromatic amines is 1. The number of aromatic nitrogens is 3. The van der Waals surface area contributed by atoms with E-state index in [1.807, 2.05) is 31.2 Å². The highest BCUT2D eigenvalue weighted by Crippen LogP contribution is 2.34. The monoisotopic (exact) mass is 407 g/mol. The molecule has 0 fully saturated rings. The van der Waals surface area contributed by atoms with Crippen LogP contribution in [0.3, 0.4) is 0 Å². The Morgan fingerprint density at radius 3 is 2.86 bits per heavy atom. The fraction of sp³-hybridized carbons (Fsp3) is 0.227. The van der Waals surface area contributed by atoms with Gasteiger partial charge in [-0.1, -0.05) is 30.3 Å². The van der Waals surface area contributed by atoms with Crippen molar-refractivity contribution in [2.75, 3.05) is 20.6 Å². The van der Waals surface area contributed by atoms with Crippen molar-refractivity contribution in [1.82, 2.24) is 25.4 Å². The maximum atomic E-state index is 13.0. The zero-order valence-electron chi connectivity index (χ0n) is 16.9. The summed E-state index contributed by atoms with van der Waals surface area (Å²) >= 11 is 1.58. The summed E-state index contributed by atoms with van der Waals surface area (Å²) in [5, 5.41) is 11.8. The number of likely N-dealkylation sites (N-methyl/N-ethyl adjacent to an activating group) is 2. The molecule has 1 amide bonds. The number of rotatable bonds is 8. The molecule has 7 heteroatoms. The minimum absolute atomic E-state index is 0.0935. The van der Waals surface area contributed by atoms with E-state index >= 15 is 0 Å². The summed E-state index contributed by atoms with van der Waals surface area (Å²) in [5.41, 5.74) is 4.56. The number of hydrogen-bond donors (Lipinski definition) is 2. The molecule has 150 valence electrons. The molecule has 0 saturated heterocycles. The SMILES string of the molecule is C=CCN(C)C(=O)/C(NC)=C(/SCc1[nH]nc2c(C)cccc12)c1cccnc1. The maximum Gasteiger partial charge on any atom is 0.271 e. The zero-order valence-corrected chi connectivity index (χ0v) is 17.7. The quantitative estimate of drug-likeness (QED) is 0.440. The van der Waals surface area contributed by atoms with Crippen LogP contribution in [0.2, 0.25) is 0 Å². The number of benzene rings is 1. The van der Waals surface area contributed by atoms with Crippen molar-refractivity contribution < 1.29 is 4.79 Å². The fourth-order valence-corrected chi connectivity index (χ4v) is 4.20. The van der Waals surface area contributed by atoms with E-state index in [-0.39, 0.29) is 5.91 Å². The Morgan fingerprint density at radius 1 is 1.34 bits per heavy atom. The zero-order chi connectivity index (χ0) is 20.8. The highest BCUT2D eigenvalue weighted by Gasteiger charge is 2.20. The normalized spacial score (nSPS) is 11.8. The van der Waals surface area contributed by atoms with Gasteiger partial charge in [-0.05, 0) is 18.6 Å². The molecule has 0 saturated carbocycles. The largest absolute Gasteiger partial charge is 0.383 e. The maximum absolute atomic E-state index is 13.0. The van der Waals surface area contributed by atoms with Gasteiger partial charge in [0.05, 0.1) is 11.2 Å². The third-order valence-electron chi connectivity index (χ3n) is 4.59. The van der Waals surface area contributed by atoms with E-state index in [1.54, 1.807) is 49.2 Å². The van der Waals surface area contributed by atoms with Crippen LogP contribution in [0.5, 0.6) is 0 Å². The highest BCUT2D eigenvalue weighted by molar-refractivity contribution is 8.07. The molecule has 2 heterocycles.